The predicted octanol–water partition coefficient (Wildman–Crippen LogP) is 3.03. The van der Waals surface area contributed by atoms with Gasteiger partial charge in [-0.1, -0.05) is 30.4 Å². The van der Waals surface area contributed by atoms with Crippen molar-refractivity contribution in [2.45, 2.75) is 25.7 Å². The summed E-state index contributed by atoms with van der Waals surface area (Å²) in [5.74, 6) is 0. The topological polar surface area (TPSA) is 0 Å². The Balaban J connectivity index is 2.38. The lowest BCUT2D eigenvalue weighted by Gasteiger charge is -1.90. The summed E-state index contributed by atoms with van der Waals surface area (Å²) in [5, 5.41) is 0. The summed E-state index contributed by atoms with van der Waals surface area (Å²) >= 11 is 0. The summed E-state index contributed by atoms with van der Waals surface area (Å²) in [6.45, 7) is 0. The van der Waals surface area contributed by atoms with Crippen LogP contribution in [-0.4, -0.2) is 0 Å². The first-order valence-electron chi connectivity index (χ1n) is 3.87. The van der Waals surface area contributed by atoms with E-state index in [9.17, 15) is 0 Å². The van der Waals surface area contributed by atoms with E-state index in [1.807, 2.05) is 6.08 Å². The van der Waals surface area contributed by atoms with Gasteiger partial charge in [0, 0.05) is 0 Å². The van der Waals surface area contributed by atoms with Crippen LogP contribution in [0.2, 0.25) is 0 Å². The minimum Gasteiger partial charge on any atom is -0.0882 e. The molecule has 1 aliphatic rings. The zero-order valence-electron chi connectivity index (χ0n) is 6.22. The van der Waals surface area contributed by atoms with Crippen LogP contribution in [0.1, 0.15) is 25.7 Å². The maximum Gasteiger partial charge on any atom is -0.0166 e. The maximum absolute atomic E-state index is 3.21. The van der Waals surface area contributed by atoms with Gasteiger partial charge in [-0.25, -0.2) is 0 Å². The summed E-state index contributed by atoms with van der Waals surface area (Å²) in [5.41, 5.74) is 0. The molecule has 0 spiro atoms. The molecule has 0 saturated carbocycles. The monoisotopic (exact) mass is 133 g/mol. The Morgan fingerprint density at radius 2 is 2.10 bits per heavy atom. The number of hydrogen-bond acceptors (Lipinski definition) is 0. The number of allylic oxidation sites excluding steroid dienone is 6. The van der Waals surface area contributed by atoms with Crippen LogP contribution in [0.5, 0.6) is 0 Å². The van der Waals surface area contributed by atoms with Crippen LogP contribution in [0.15, 0.2) is 30.4 Å². The fourth-order valence-electron chi connectivity index (χ4n) is 0.913. The third-order valence-electron chi connectivity index (χ3n) is 1.48. The molecule has 0 aromatic carbocycles. The van der Waals surface area contributed by atoms with Crippen molar-refractivity contribution in [3.05, 3.63) is 36.5 Å². The summed E-state index contributed by atoms with van der Waals surface area (Å²) < 4.78 is 0. The molecule has 0 heteroatoms. The highest BCUT2D eigenvalue weighted by Gasteiger charge is 1.81. The molecule has 0 saturated heterocycles. The lowest BCUT2D eigenvalue weighted by molar-refractivity contribution is 0.852. The molecule has 1 aliphatic carbocycles. The number of rotatable bonds is 0. The normalized spacial score (nSPS) is 28.8. The lowest BCUT2D eigenvalue weighted by atomic mass is 10.2. The van der Waals surface area contributed by atoms with Gasteiger partial charge in [0.15, 0.2) is 0 Å². The van der Waals surface area contributed by atoms with Crippen molar-refractivity contribution >= 4 is 0 Å². The summed E-state index contributed by atoms with van der Waals surface area (Å²) in [4.78, 5) is 0. The quantitative estimate of drug-likeness (QED) is 0.445. The van der Waals surface area contributed by atoms with E-state index in [1.165, 1.54) is 12.8 Å². The average molecular weight is 133 g/mol. The molecule has 10 heavy (non-hydrogen) atoms. The van der Waals surface area contributed by atoms with Crippen LogP contribution in [0, 0.1) is 6.08 Å². The minimum atomic E-state index is 1.07. The standard InChI is InChI=1S/C10H13/c1-2-4-6-8-10-9-7-5-3-1/h1-3,6,8H,4,7,9-10H2/b2-1+,5-3?,8-6-. The van der Waals surface area contributed by atoms with Crippen molar-refractivity contribution in [2.75, 3.05) is 0 Å². The zero-order chi connectivity index (χ0) is 7.07. The van der Waals surface area contributed by atoms with Gasteiger partial charge in [-0.3, -0.25) is 0 Å². The van der Waals surface area contributed by atoms with Crippen LogP contribution in [-0.2, 0) is 0 Å². The van der Waals surface area contributed by atoms with E-state index in [-0.39, 0.29) is 0 Å². The molecule has 0 atom stereocenters. The summed E-state index contributed by atoms with van der Waals surface area (Å²) in [7, 11) is 0. The Hall–Kier alpha value is -0.780. The van der Waals surface area contributed by atoms with Crippen molar-refractivity contribution in [3.8, 4) is 0 Å². The second kappa shape index (κ2) is 5.04. The van der Waals surface area contributed by atoms with E-state index in [0.29, 0.717) is 0 Å². The van der Waals surface area contributed by atoms with E-state index >= 15 is 0 Å². The van der Waals surface area contributed by atoms with E-state index in [0.717, 1.165) is 12.8 Å². The molecule has 0 unspecified atom stereocenters. The fraction of sp³-hybridized carbons (Fsp3) is 0.400. The molecule has 0 bridgehead atoms. The van der Waals surface area contributed by atoms with Gasteiger partial charge in [0.25, 0.3) is 0 Å². The molecule has 1 rings (SSSR count). The van der Waals surface area contributed by atoms with Gasteiger partial charge in [-0.05, 0) is 31.8 Å². The first-order chi connectivity index (χ1) is 5.00. The molecule has 0 aliphatic heterocycles. The molecule has 0 aromatic heterocycles. The van der Waals surface area contributed by atoms with Crippen LogP contribution >= 0.6 is 0 Å². The molecule has 0 aromatic rings. The number of hydrogen-bond donors (Lipinski definition) is 0. The van der Waals surface area contributed by atoms with Gasteiger partial charge >= 0.3 is 0 Å². The maximum atomic E-state index is 3.21. The second-order valence-corrected chi connectivity index (χ2v) is 2.40. The van der Waals surface area contributed by atoms with E-state index < -0.39 is 0 Å². The molecule has 0 fully saturated rings. The van der Waals surface area contributed by atoms with Gasteiger partial charge in [-0.2, -0.15) is 0 Å². The smallest absolute Gasteiger partial charge is 0.0166 e. The van der Waals surface area contributed by atoms with Crippen LogP contribution < -0.4 is 0 Å². The Kier molecular flexibility index (Phi) is 3.69. The molecule has 1 radical (unpaired) electrons. The molecule has 0 nitrogen and oxygen atoms in total. The van der Waals surface area contributed by atoms with E-state index in [4.69, 9.17) is 0 Å². The largest absolute Gasteiger partial charge is 0.0882 e. The Morgan fingerprint density at radius 1 is 1.10 bits per heavy atom. The molecule has 53 valence electrons. The Morgan fingerprint density at radius 3 is 3.10 bits per heavy atom. The molecule has 0 amide bonds. The van der Waals surface area contributed by atoms with Crippen molar-refractivity contribution in [1.29, 1.82) is 0 Å². The van der Waals surface area contributed by atoms with Crippen molar-refractivity contribution in [1.82, 2.24) is 0 Å². The summed E-state index contributed by atoms with van der Waals surface area (Å²) in [6, 6.07) is 0. The van der Waals surface area contributed by atoms with Crippen LogP contribution in [0.25, 0.3) is 0 Å². The third-order valence-corrected chi connectivity index (χ3v) is 1.48. The Labute approximate surface area is 62.9 Å². The first kappa shape index (κ1) is 7.33. The molecule has 0 N–H and O–H groups in total. The highest BCUT2D eigenvalue weighted by Crippen LogP contribution is 2.00. The second-order valence-electron chi connectivity index (χ2n) is 2.40. The molecular weight excluding hydrogens is 120 g/mol. The SMILES string of the molecule is [C]1=C\C=C\C/C=C\CCC/1. The average Bonchev–Trinajstić information content (AvgIpc) is 2.01. The molecular formula is C10H13. The van der Waals surface area contributed by atoms with Gasteiger partial charge in [-0.15, -0.1) is 0 Å². The highest BCUT2D eigenvalue weighted by molar-refractivity contribution is 5.03. The Bertz CT molecular complexity index is 149. The predicted molar refractivity (Wildman–Crippen MR) is 44.6 cm³/mol. The van der Waals surface area contributed by atoms with E-state index in [1.54, 1.807) is 0 Å². The van der Waals surface area contributed by atoms with E-state index in [2.05, 4.69) is 30.4 Å². The van der Waals surface area contributed by atoms with Crippen molar-refractivity contribution < 1.29 is 0 Å². The molecule has 0 heterocycles. The highest BCUT2D eigenvalue weighted by atomic mass is 13.9. The van der Waals surface area contributed by atoms with Crippen LogP contribution in [0.3, 0.4) is 0 Å². The van der Waals surface area contributed by atoms with Crippen molar-refractivity contribution in [2.24, 2.45) is 0 Å². The zero-order valence-corrected chi connectivity index (χ0v) is 6.22. The van der Waals surface area contributed by atoms with Gasteiger partial charge in [0.2, 0.25) is 0 Å². The third kappa shape index (κ3) is 3.29. The summed E-state index contributed by atoms with van der Waals surface area (Å²) in [6.07, 6.45) is 18.5. The van der Waals surface area contributed by atoms with Crippen molar-refractivity contribution in [3.63, 3.8) is 0 Å². The fourth-order valence-corrected chi connectivity index (χ4v) is 0.913. The first-order valence-corrected chi connectivity index (χ1v) is 3.87. The van der Waals surface area contributed by atoms with Gasteiger partial charge in [0.05, 0.1) is 0 Å². The van der Waals surface area contributed by atoms with Gasteiger partial charge in [0.1, 0.15) is 0 Å². The van der Waals surface area contributed by atoms with Crippen LogP contribution in [0.4, 0.5) is 0 Å². The minimum absolute atomic E-state index is 1.07. The lowest BCUT2D eigenvalue weighted by Crippen LogP contribution is -1.71. The van der Waals surface area contributed by atoms with Gasteiger partial charge < -0.3 is 0 Å².